The van der Waals surface area contributed by atoms with Gasteiger partial charge < -0.3 is 24.8 Å². The Morgan fingerprint density at radius 2 is 1.68 bits per heavy atom. The highest BCUT2D eigenvalue weighted by Crippen LogP contribution is 2.20. The van der Waals surface area contributed by atoms with Gasteiger partial charge in [-0.2, -0.15) is 0 Å². The molecule has 0 unspecified atom stereocenters. The lowest BCUT2D eigenvalue weighted by Crippen LogP contribution is -2.36. The van der Waals surface area contributed by atoms with Crippen LogP contribution in [0.2, 0.25) is 0 Å². The molecule has 6 heteroatoms. The molecule has 2 aromatic carbocycles. The first-order valence-electron chi connectivity index (χ1n) is 11.0. The Hall–Kier alpha value is -2.57. The minimum atomic E-state index is 0.236. The second kappa shape index (κ2) is 13.7. The quantitative estimate of drug-likeness (QED) is 0.302. The van der Waals surface area contributed by atoms with Crippen LogP contribution < -0.4 is 15.4 Å². The number of aliphatic imine (C=N–C) groups is 1. The monoisotopic (exact) mass is 427 g/mol. The molecule has 0 saturated carbocycles. The van der Waals surface area contributed by atoms with E-state index in [1.165, 1.54) is 16.7 Å². The van der Waals surface area contributed by atoms with Gasteiger partial charge in [0.15, 0.2) is 5.96 Å². The third-order valence-electron chi connectivity index (χ3n) is 4.65. The molecule has 0 aliphatic carbocycles. The Labute approximate surface area is 187 Å². The molecule has 0 aliphatic heterocycles. The number of guanidine groups is 1. The van der Waals surface area contributed by atoms with Crippen LogP contribution in [-0.4, -0.2) is 38.9 Å². The molecule has 0 aliphatic rings. The third-order valence-corrected chi connectivity index (χ3v) is 4.65. The summed E-state index contributed by atoms with van der Waals surface area (Å²) in [4.78, 5) is 4.33. The molecule has 0 fully saturated rings. The van der Waals surface area contributed by atoms with E-state index < -0.39 is 0 Å². The number of rotatable bonds is 12. The number of nitrogens with zero attached hydrogens (tertiary/aromatic N) is 1. The van der Waals surface area contributed by atoms with Crippen LogP contribution in [0.1, 0.15) is 43.0 Å². The molecule has 2 rings (SSSR count). The zero-order valence-electron chi connectivity index (χ0n) is 19.5. The van der Waals surface area contributed by atoms with Crippen molar-refractivity contribution in [2.75, 3.05) is 26.9 Å². The average Bonchev–Trinajstić information content (AvgIpc) is 2.77. The minimum absolute atomic E-state index is 0.236. The molecule has 0 spiro atoms. The predicted octanol–water partition coefficient (Wildman–Crippen LogP) is 4.20. The lowest BCUT2D eigenvalue weighted by molar-refractivity contribution is 0.0657. The van der Waals surface area contributed by atoms with Gasteiger partial charge in [0.2, 0.25) is 0 Å². The molecule has 0 amide bonds. The van der Waals surface area contributed by atoms with Gasteiger partial charge in [0.1, 0.15) is 12.4 Å². The molecule has 31 heavy (non-hydrogen) atoms. The maximum Gasteiger partial charge on any atom is 0.191 e. The van der Waals surface area contributed by atoms with Crippen LogP contribution in [0.4, 0.5) is 0 Å². The number of hydrogen-bond acceptors (Lipinski definition) is 4. The second-order valence-corrected chi connectivity index (χ2v) is 7.61. The van der Waals surface area contributed by atoms with E-state index in [1.54, 1.807) is 7.05 Å². The van der Waals surface area contributed by atoms with Crippen LogP contribution in [0.5, 0.6) is 5.75 Å². The number of benzene rings is 2. The molecule has 2 aromatic rings. The molecular formula is C25H37N3O3. The van der Waals surface area contributed by atoms with E-state index in [1.807, 2.05) is 20.8 Å². The van der Waals surface area contributed by atoms with Crippen molar-refractivity contribution in [3.63, 3.8) is 0 Å². The molecular weight excluding hydrogens is 390 g/mol. The highest BCUT2D eigenvalue weighted by atomic mass is 16.5. The summed E-state index contributed by atoms with van der Waals surface area (Å²) >= 11 is 0. The summed E-state index contributed by atoms with van der Waals surface area (Å²) in [7, 11) is 1.77. The van der Waals surface area contributed by atoms with Crippen molar-refractivity contribution < 1.29 is 14.2 Å². The first kappa shape index (κ1) is 24.7. The van der Waals surface area contributed by atoms with E-state index in [0.29, 0.717) is 39.5 Å². The Bertz CT molecular complexity index is 804. The molecule has 170 valence electrons. The maximum atomic E-state index is 5.93. The van der Waals surface area contributed by atoms with E-state index in [2.05, 4.69) is 65.0 Å². The van der Waals surface area contributed by atoms with E-state index in [4.69, 9.17) is 14.2 Å². The summed E-state index contributed by atoms with van der Waals surface area (Å²) in [6.45, 7) is 11.9. The van der Waals surface area contributed by atoms with Crippen molar-refractivity contribution >= 4 is 5.96 Å². The molecule has 6 nitrogen and oxygen atoms in total. The van der Waals surface area contributed by atoms with Gasteiger partial charge in [-0.3, -0.25) is 4.99 Å². The lowest BCUT2D eigenvalue weighted by Gasteiger charge is -2.16. The van der Waals surface area contributed by atoms with Crippen LogP contribution in [0.3, 0.4) is 0 Å². The molecule has 0 radical (unpaired) electrons. The fourth-order valence-electron chi connectivity index (χ4n) is 2.90. The fraction of sp³-hybridized carbons (Fsp3) is 0.480. The summed E-state index contributed by atoms with van der Waals surface area (Å²) in [5.74, 6) is 1.62. The van der Waals surface area contributed by atoms with E-state index in [9.17, 15) is 0 Å². The van der Waals surface area contributed by atoms with Crippen molar-refractivity contribution in [2.24, 2.45) is 4.99 Å². The zero-order chi connectivity index (χ0) is 22.5. The van der Waals surface area contributed by atoms with Gasteiger partial charge >= 0.3 is 0 Å². The molecule has 0 saturated heterocycles. The van der Waals surface area contributed by atoms with Crippen LogP contribution in [0, 0.1) is 6.92 Å². The Morgan fingerprint density at radius 1 is 0.968 bits per heavy atom. The van der Waals surface area contributed by atoms with E-state index in [0.717, 1.165) is 17.3 Å². The van der Waals surface area contributed by atoms with Crippen molar-refractivity contribution in [1.82, 2.24) is 10.6 Å². The van der Waals surface area contributed by atoms with Crippen molar-refractivity contribution in [2.45, 2.75) is 53.5 Å². The number of hydrogen-bond donors (Lipinski definition) is 2. The van der Waals surface area contributed by atoms with E-state index >= 15 is 0 Å². The highest BCUT2D eigenvalue weighted by molar-refractivity contribution is 5.79. The highest BCUT2D eigenvalue weighted by Gasteiger charge is 2.06. The van der Waals surface area contributed by atoms with Crippen molar-refractivity contribution in [3.05, 3.63) is 64.7 Å². The number of aryl methyl sites for hydroxylation is 1. The van der Waals surface area contributed by atoms with Crippen LogP contribution in [0.25, 0.3) is 0 Å². The molecule has 0 heterocycles. The zero-order valence-corrected chi connectivity index (χ0v) is 19.5. The summed E-state index contributed by atoms with van der Waals surface area (Å²) < 4.78 is 16.9. The van der Waals surface area contributed by atoms with Gasteiger partial charge in [0, 0.05) is 32.3 Å². The molecule has 0 atom stereocenters. The number of nitrogens with one attached hydrogen (secondary N) is 2. The third kappa shape index (κ3) is 9.40. The first-order chi connectivity index (χ1) is 15.0. The van der Waals surface area contributed by atoms with Crippen LogP contribution >= 0.6 is 0 Å². The SMILES string of the molecule is CCOCCOc1cc(C)ccc1CNC(=NC)NCc1ccc(COC(C)C)cc1. The van der Waals surface area contributed by atoms with Gasteiger partial charge in [0.05, 0.1) is 19.3 Å². The predicted molar refractivity (Wildman–Crippen MR) is 127 cm³/mol. The minimum Gasteiger partial charge on any atom is -0.491 e. The first-order valence-corrected chi connectivity index (χ1v) is 11.0. The fourth-order valence-corrected chi connectivity index (χ4v) is 2.90. The Balaban J connectivity index is 1.85. The summed E-state index contributed by atoms with van der Waals surface area (Å²) in [6, 6.07) is 14.7. The summed E-state index contributed by atoms with van der Waals surface area (Å²) in [5, 5.41) is 6.73. The second-order valence-electron chi connectivity index (χ2n) is 7.61. The molecule has 0 aromatic heterocycles. The Morgan fingerprint density at radius 3 is 2.35 bits per heavy atom. The van der Waals surface area contributed by atoms with Gasteiger partial charge in [0.25, 0.3) is 0 Å². The summed E-state index contributed by atoms with van der Waals surface area (Å²) in [5.41, 5.74) is 4.61. The largest absolute Gasteiger partial charge is 0.491 e. The summed E-state index contributed by atoms with van der Waals surface area (Å²) in [6.07, 6.45) is 0.236. The van der Waals surface area contributed by atoms with Crippen molar-refractivity contribution in [1.29, 1.82) is 0 Å². The normalized spacial score (nSPS) is 11.6. The van der Waals surface area contributed by atoms with Gasteiger partial charge in [-0.1, -0.05) is 36.4 Å². The standard InChI is InChI=1S/C25H37N3O3/c1-6-29-13-14-30-24-15-20(4)7-12-23(24)17-28-25(26-5)27-16-21-8-10-22(11-9-21)18-31-19(2)3/h7-12,15,19H,6,13-14,16-18H2,1-5H3,(H2,26,27,28). The lowest BCUT2D eigenvalue weighted by atomic mass is 10.1. The maximum absolute atomic E-state index is 5.93. The van der Waals surface area contributed by atoms with Crippen molar-refractivity contribution in [3.8, 4) is 5.75 Å². The van der Waals surface area contributed by atoms with Crippen LogP contribution in [0.15, 0.2) is 47.5 Å². The van der Waals surface area contributed by atoms with Gasteiger partial charge in [-0.25, -0.2) is 0 Å². The molecule has 0 bridgehead atoms. The smallest absolute Gasteiger partial charge is 0.191 e. The van der Waals surface area contributed by atoms with Gasteiger partial charge in [-0.05, 0) is 50.5 Å². The molecule has 2 N–H and O–H groups in total. The van der Waals surface area contributed by atoms with E-state index in [-0.39, 0.29) is 6.10 Å². The van der Waals surface area contributed by atoms with Crippen LogP contribution in [-0.2, 0) is 29.2 Å². The topological polar surface area (TPSA) is 64.1 Å². The average molecular weight is 428 g/mol. The Kier molecular flexibility index (Phi) is 10.9. The van der Waals surface area contributed by atoms with Gasteiger partial charge in [-0.15, -0.1) is 0 Å². The number of ether oxygens (including phenoxy) is 3.